The van der Waals surface area contributed by atoms with Crippen LogP contribution in [0.25, 0.3) is 0 Å². The monoisotopic (exact) mass is 193 g/mol. The van der Waals surface area contributed by atoms with E-state index in [9.17, 15) is 0 Å². The van der Waals surface area contributed by atoms with Crippen molar-refractivity contribution in [1.29, 1.82) is 0 Å². The van der Waals surface area contributed by atoms with Crippen molar-refractivity contribution in [3.05, 3.63) is 23.8 Å². The summed E-state index contributed by atoms with van der Waals surface area (Å²) in [6.07, 6.45) is 0. The fourth-order valence-corrected chi connectivity index (χ4v) is 1.09. The van der Waals surface area contributed by atoms with Crippen LogP contribution in [0.3, 0.4) is 0 Å². The second-order valence-corrected chi connectivity index (χ2v) is 4.89. The maximum absolute atomic E-state index is 5.83. The molecule has 0 atom stereocenters. The number of rotatable bonds is 2. The Hall–Kier alpha value is -1.18. The maximum Gasteiger partial charge on any atom is 0.142 e. The summed E-state index contributed by atoms with van der Waals surface area (Å²) in [5.41, 5.74) is 7.86. The first-order valence-electron chi connectivity index (χ1n) is 4.87. The van der Waals surface area contributed by atoms with Gasteiger partial charge in [-0.2, -0.15) is 0 Å². The molecule has 2 nitrogen and oxygen atoms in total. The van der Waals surface area contributed by atoms with Crippen molar-refractivity contribution in [2.75, 3.05) is 12.3 Å². The summed E-state index contributed by atoms with van der Waals surface area (Å²) in [6.45, 7) is 9.11. The molecular formula is C12H19NO. The number of ether oxygens (including phenoxy) is 1. The zero-order chi connectivity index (χ0) is 10.8. The Morgan fingerprint density at radius 1 is 1.29 bits per heavy atom. The van der Waals surface area contributed by atoms with Gasteiger partial charge < -0.3 is 10.5 Å². The smallest absolute Gasteiger partial charge is 0.142 e. The summed E-state index contributed by atoms with van der Waals surface area (Å²) in [5, 5.41) is 0. The second kappa shape index (κ2) is 3.91. The lowest BCUT2D eigenvalue weighted by Gasteiger charge is -2.19. The molecule has 0 aliphatic carbocycles. The molecular weight excluding hydrogens is 174 g/mol. The highest BCUT2D eigenvalue weighted by molar-refractivity contribution is 5.53. The summed E-state index contributed by atoms with van der Waals surface area (Å²) in [4.78, 5) is 0. The minimum absolute atomic E-state index is 0.164. The molecule has 0 saturated carbocycles. The van der Waals surface area contributed by atoms with Gasteiger partial charge in [0, 0.05) is 0 Å². The van der Waals surface area contributed by atoms with E-state index in [4.69, 9.17) is 10.5 Å². The number of anilines is 1. The first kappa shape index (κ1) is 10.9. The van der Waals surface area contributed by atoms with E-state index in [1.165, 1.54) is 0 Å². The van der Waals surface area contributed by atoms with Crippen molar-refractivity contribution in [3.8, 4) is 5.75 Å². The van der Waals surface area contributed by atoms with Crippen molar-refractivity contribution < 1.29 is 4.74 Å². The SMILES string of the molecule is Cc1ccc(OCC(C)(C)C)c(N)c1. The minimum Gasteiger partial charge on any atom is -0.491 e. The number of aryl methyl sites for hydroxylation is 1. The molecule has 0 heterocycles. The average molecular weight is 193 g/mol. The van der Waals surface area contributed by atoms with Crippen LogP contribution in [0.5, 0.6) is 5.75 Å². The van der Waals surface area contributed by atoms with Gasteiger partial charge in [0.05, 0.1) is 12.3 Å². The third-order valence-electron chi connectivity index (χ3n) is 1.83. The Morgan fingerprint density at radius 2 is 1.93 bits per heavy atom. The highest BCUT2D eigenvalue weighted by Crippen LogP contribution is 2.24. The molecule has 14 heavy (non-hydrogen) atoms. The Balaban J connectivity index is 2.68. The lowest BCUT2D eigenvalue weighted by Crippen LogP contribution is -2.17. The molecule has 78 valence electrons. The van der Waals surface area contributed by atoms with E-state index in [2.05, 4.69) is 20.8 Å². The molecule has 0 fully saturated rings. The number of benzene rings is 1. The van der Waals surface area contributed by atoms with Crippen LogP contribution in [0.2, 0.25) is 0 Å². The third kappa shape index (κ3) is 3.29. The number of hydrogen-bond acceptors (Lipinski definition) is 2. The van der Waals surface area contributed by atoms with Gasteiger partial charge in [0.2, 0.25) is 0 Å². The Morgan fingerprint density at radius 3 is 2.43 bits per heavy atom. The molecule has 0 spiro atoms. The minimum atomic E-state index is 0.164. The van der Waals surface area contributed by atoms with Gasteiger partial charge >= 0.3 is 0 Å². The van der Waals surface area contributed by atoms with Crippen molar-refractivity contribution in [1.82, 2.24) is 0 Å². The summed E-state index contributed by atoms with van der Waals surface area (Å²) in [7, 11) is 0. The largest absolute Gasteiger partial charge is 0.491 e. The molecule has 2 heteroatoms. The summed E-state index contributed by atoms with van der Waals surface area (Å²) in [5.74, 6) is 0.783. The van der Waals surface area contributed by atoms with E-state index in [-0.39, 0.29) is 5.41 Å². The predicted octanol–water partition coefficient (Wildman–Crippen LogP) is 3.00. The molecule has 1 aromatic carbocycles. The predicted molar refractivity (Wildman–Crippen MR) is 60.5 cm³/mol. The second-order valence-electron chi connectivity index (χ2n) is 4.89. The molecule has 0 aliphatic heterocycles. The quantitative estimate of drug-likeness (QED) is 0.733. The number of nitrogens with two attached hydrogens (primary N) is 1. The standard InChI is InChI=1S/C12H19NO/c1-9-5-6-11(10(13)7-9)14-8-12(2,3)4/h5-7H,8,13H2,1-4H3. The first-order chi connectivity index (χ1) is 6.38. The van der Waals surface area contributed by atoms with E-state index < -0.39 is 0 Å². The molecule has 2 N–H and O–H groups in total. The molecule has 0 radical (unpaired) electrons. The van der Waals surface area contributed by atoms with E-state index in [0.29, 0.717) is 12.3 Å². The van der Waals surface area contributed by atoms with Crippen molar-refractivity contribution in [2.45, 2.75) is 27.7 Å². The van der Waals surface area contributed by atoms with Crippen molar-refractivity contribution in [3.63, 3.8) is 0 Å². The average Bonchev–Trinajstić information content (AvgIpc) is 2.00. The highest BCUT2D eigenvalue weighted by Gasteiger charge is 2.11. The fourth-order valence-electron chi connectivity index (χ4n) is 1.09. The van der Waals surface area contributed by atoms with Gasteiger partial charge in [-0.25, -0.2) is 0 Å². The summed E-state index contributed by atoms with van der Waals surface area (Å²) < 4.78 is 5.63. The van der Waals surface area contributed by atoms with Gasteiger partial charge in [0.15, 0.2) is 0 Å². The van der Waals surface area contributed by atoms with Crippen LogP contribution in [0.15, 0.2) is 18.2 Å². The van der Waals surface area contributed by atoms with Gasteiger partial charge in [-0.3, -0.25) is 0 Å². The lowest BCUT2D eigenvalue weighted by molar-refractivity contribution is 0.199. The van der Waals surface area contributed by atoms with E-state index in [1.54, 1.807) is 0 Å². The number of hydrogen-bond donors (Lipinski definition) is 1. The van der Waals surface area contributed by atoms with Gasteiger partial charge in [-0.15, -0.1) is 0 Å². The first-order valence-corrected chi connectivity index (χ1v) is 4.87. The Labute approximate surface area is 86.1 Å². The summed E-state index contributed by atoms with van der Waals surface area (Å²) >= 11 is 0. The van der Waals surface area contributed by atoms with Crippen LogP contribution in [0.1, 0.15) is 26.3 Å². The van der Waals surface area contributed by atoms with Crippen LogP contribution < -0.4 is 10.5 Å². The molecule has 0 bridgehead atoms. The molecule has 0 amide bonds. The zero-order valence-corrected chi connectivity index (χ0v) is 9.42. The normalized spacial score (nSPS) is 11.4. The molecule has 0 aromatic heterocycles. The van der Waals surface area contributed by atoms with Crippen molar-refractivity contribution >= 4 is 5.69 Å². The van der Waals surface area contributed by atoms with Crippen LogP contribution in [0.4, 0.5) is 5.69 Å². The molecule has 1 rings (SSSR count). The third-order valence-corrected chi connectivity index (χ3v) is 1.83. The molecule has 1 aromatic rings. The van der Waals surface area contributed by atoms with Gasteiger partial charge in [0.1, 0.15) is 5.75 Å². The van der Waals surface area contributed by atoms with E-state index in [1.807, 2.05) is 25.1 Å². The van der Waals surface area contributed by atoms with Gasteiger partial charge in [0.25, 0.3) is 0 Å². The van der Waals surface area contributed by atoms with Gasteiger partial charge in [-0.1, -0.05) is 26.8 Å². The topological polar surface area (TPSA) is 35.2 Å². The molecule has 0 unspecified atom stereocenters. The van der Waals surface area contributed by atoms with Gasteiger partial charge in [-0.05, 0) is 30.0 Å². The van der Waals surface area contributed by atoms with Crippen molar-refractivity contribution in [2.24, 2.45) is 5.41 Å². The number of nitrogen functional groups attached to an aromatic ring is 1. The van der Waals surface area contributed by atoms with Crippen LogP contribution >= 0.6 is 0 Å². The van der Waals surface area contributed by atoms with Crippen LogP contribution in [-0.2, 0) is 0 Å². The van der Waals surface area contributed by atoms with E-state index in [0.717, 1.165) is 11.3 Å². The molecule has 0 saturated heterocycles. The molecule has 0 aliphatic rings. The lowest BCUT2D eigenvalue weighted by atomic mass is 9.99. The maximum atomic E-state index is 5.83. The van der Waals surface area contributed by atoms with Crippen LogP contribution in [0, 0.1) is 12.3 Å². The zero-order valence-electron chi connectivity index (χ0n) is 9.42. The fraction of sp³-hybridized carbons (Fsp3) is 0.500. The Bertz CT molecular complexity index is 313. The highest BCUT2D eigenvalue weighted by atomic mass is 16.5. The van der Waals surface area contributed by atoms with Crippen LogP contribution in [-0.4, -0.2) is 6.61 Å². The Kier molecular flexibility index (Phi) is 3.04. The summed E-state index contributed by atoms with van der Waals surface area (Å²) in [6, 6.07) is 5.86. The van der Waals surface area contributed by atoms with E-state index >= 15 is 0 Å².